The highest BCUT2D eigenvalue weighted by molar-refractivity contribution is 5.68. The number of ether oxygens (including phenoxy) is 2. The van der Waals surface area contributed by atoms with E-state index in [2.05, 4.69) is 5.32 Å². The van der Waals surface area contributed by atoms with Crippen LogP contribution in [0.1, 0.15) is 32.6 Å². The van der Waals surface area contributed by atoms with Crippen molar-refractivity contribution >= 4 is 11.4 Å². The van der Waals surface area contributed by atoms with E-state index in [0.717, 1.165) is 44.5 Å². The van der Waals surface area contributed by atoms with Crippen LogP contribution >= 0.6 is 0 Å². The number of rotatable bonds is 10. The molecule has 0 aromatic heterocycles. The summed E-state index contributed by atoms with van der Waals surface area (Å²) in [6.45, 7) is 4.06. The van der Waals surface area contributed by atoms with Crippen LogP contribution < -0.4 is 15.8 Å². The van der Waals surface area contributed by atoms with E-state index in [1.807, 2.05) is 6.92 Å². The highest BCUT2D eigenvalue weighted by Gasteiger charge is 2.08. The highest BCUT2D eigenvalue weighted by Crippen LogP contribution is 2.28. The van der Waals surface area contributed by atoms with Crippen molar-refractivity contribution in [3.8, 4) is 5.75 Å². The fourth-order valence-electron chi connectivity index (χ4n) is 1.82. The molecular weight excluding hydrogens is 259 g/mol. The Morgan fingerprint density at radius 3 is 2.70 bits per heavy atom. The first-order valence-corrected chi connectivity index (χ1v) is 7.13. The van der Waals surface area contributed by atoms with Gasteiger partial charge in [0.1, 0.15) is 0 Å². The van der Waals surface area contributed by atoms with Gasteiger partial charge in [-0.1, -0.05) is 6.92 Å². The minimum absolute atomic E-state index is 0.253. The summed E-state index contributed by atoms with van der Waals surface area (Å²) in [5, 5.41) is 3.22. The third-order valence-corrected chi connectivity index (χ3v) is 2.91. The van der Waals surface area contributed by atoms with Crippen LogP contribution in [0.2, 0.25) is 0 Å². The normalized spacial score (nSPS) is 10.6. The zero-order valence-electron chi connectivity index (χ0n) is 12.4. The van der Waals surface area contributed by atoms with E-state index in [0.29, 0.717) is 12.3 Å². The van der Waals surface area contributed by atoms with Gasteiger partial charge in [0, 0.05) is 32.4 Å². The highest BCUT2D eigenvalue weighted by atomic mass is 19.1. The predicted molar refractivity (Wildman–Crippen MR) is 80.8 cm³/mol. The Labute approximate surface area is 120 Å². The molecule has 0 fully saturated rings. The number of halogens is 1. The summed E-state index contributed by atoms with van der Waals surface area (Å²) in [6.07, 6.45) is 3.99. The fourth-order valence-corrected chi connectivity index (χ4v) is 1.82. The molecule has 114 valence electrons. The molecule has 0 aliphatic heterocycles. The van der Waals surface area contributed by atoms with Crippen LogP contribution in [0.5, 0.6) is 5.75 Å². The molecule has 0 atom stereocenters. The largest absolute Gasteiger partial charge is 0.490 e. The first-order chi connectivity index (χ1) is 9.69. The number of nitrogens with two attached hydrogens (primary N) is 1. The number of benzene rings is 1. The van der Waals surface area contributed by atoms with E-state index < -0.39 is 5.82 Å². The van der Waals surface area contributed by atoms with Crippen LogP contribution in [0.25, 0.3) is 0 Å². The molecule has 1 aromatic carbocycles. The molecule has 0 amide bonds. The summed E-state index contributed by atoms with van der Waals surface area (Å²) in [5.41, 5.74) is 6.94. The number of methoxy groups -OCH3 is 1. The molecule has 0 saturated carbocycles. The number of unbranched alkanes of at least 4 members (excludes halogenated alkanes) is 2. The summed E-state index contributed by atoms with van der Waals surface area (Å²) in [6, 6.07) is 2.94. The lowest BCUT2D eigenvalue weighted by molar-refractivity contribution is 0.192. The Kier molecular flexibility index (Phi) is 7.80. The van der Waals surface area contributed by atoms with Gasteiger partial charge < -0.3 is 20.5 Å². The van der Waals surface area contributed by atoms with E-state index in [-0.39, 0.29) is 5.75 Å². The van der Waals surface area contributed by atoms with Gasteiger partial charge in [-0.05, 0) is 25.7 Å². The maximum atomic E-state index is 13.6. The van der Waals surface area contributed by atoms with Gasteiger partial charge >= 0.3 is 0 Å². The Morgan fingerprint density at radius 2 is 2.00 bits per heavy atom. The molecule has 0 spiro atoms. The van der Waals surface area contributed by atoms with Crippen molar-refractivity contribution in [1.29, 1.82) is 0 Å². The van der Waals surface area contributed by atoms with E-state index in [1.54, 1.807) is 13.2 Å². The Hall–Kier alpha value is -1.49. The molecule has 0 bridgehead atoms. The van der Waals surface area contributed by atoms with Gasteiger partial charge in [-0.15, -0.1) is 0 Å². The minimum atomic E-state index is -0.415. The van der Waals surface area contributed by atoms with Crippen molar-refractivity contribution in [2.75, 3.05) is 37.9 Å². The number of nitrogens with one attached hydrogen (secondary N) is 1. The van der Waals surface area contributed by atoms with Crippen LogP contribution in [0.3, 0.4) is 0 Å². The summed E-state index contributed by atoms with van der Waals surface area (Å²) in [4.78, 5) is 0. The van der Waals surface area contributed by atoms with Crippen molar-refractivity contribution < 1.29 is 13.9 Å². The number of hydrogen-bond donors (Lipinski definition) is 2. The second-order valence-corrected chi connectivity index (χ2v) is 4.70. The summed E-state index contributed by atoms with van der Waals surface area (Å²) >= 11 is 0. The van der Waals surface area contributed by atoms with Crippen LogP contribution in [-0.2, 0) is 4.74 Å². The van der Waals surface area contributed by atoms with Crippen LogP contribution in [0.4, 0.5) is 15.8 Å². The quantitative estimate of drug-likeness (QED) is 0.510. The van der Waals surface area contributed by atoms with E-state index in [1.165, 1.54) is 6.07 Å². The number of nitrogen functional groups attached to an aromatic ring is 1. The Morgan fingerprint density at radius 1 is 1.20 bits per heavy atom. The first kappa shape index (κ1) is 16.6. The average Bonchev–Trinajstić information content (AvgIpc) is 2.43. The van der Waals surface area contributed by atoms with E-state index >= 15 is 0 Å². The zero-order chi connectivity index (χ0) is 14.8. The minimum Gasteiger partial charge on any atom is -0.490 e. The Balaban J connectivity index is 2.47. The molecule has 4 nitrogen and oxygen atoms in total. The maximum Gasteiger partial charge on any atom is 0.167 e. The lowest BCUT2D eigenvalue weighted by atomic mass is 10.2. The standard InChI is InChI=1S/C15H25FN2O2/c1-3-8-20-15-11-14(13(17)10-12(15)16)18-7-5-4-6-9-19-2/h10-11,18H,3-9,17H2,1-2H3. The molecule has 5 heteroatoms. The SMILES string of the molecule is CCCOc1cc(NCCCCCOC)c(N)cc1F. The third-order valence-electron chi connectivity index (χ3n) is 2.91. The van der Waals surface area contributed by atoms with Crippen LogP contribution in [-0.4, -0.2) is 26.9 Å². The molecule has 0 aliphatic carbocycles. The molecule has 0 saturated heterocycles. The number of anilines is 2. The zero-order valence-corrected chi connectivity index (χ0v) is 12.4. The number of hydrogen-bond acceptors (Lipinski definition) is 4. The van der Waals surface area contributed by atoms with Gasteiger partial charge in [-0.2, -0.15) is 0 Å². The van der Waals surface area contributed by atoms with Gasteiger partial charge in [-0.3, -0.25) is 0 Å². The predicted octanol–water partition coefficient (Wildman–Crippen LogP) is 3.43. The second kappa shape index (κ2) is 9.42. The van der Waals surface area contributed by atoms with Gasteiger partial charge in [0.05, 0.1) is 18.0 Å². The third kappa shape index (κ3) is 5.65. The molecule has 20 heavy (non-hydrogen) atoms. The van der Waals surface area contributed by atoms with Crippen LogP contribution in [0, 0.1) is 5.82 Å². The van der Waals surface area contributed by atoms with Gasteiger partial charge in [0.2, 0.25) is 0 Å². The summed E-state index contributed by atoms with van der Waals surface area (Å²) < 4.78 is 24.0. The first-order valence-electron chi connectivity index (χ1n) is 7.13. The fraction of sp³-hybridized carbons (Fsp3) is 0.600. The summed E-state index contributed by atoms with van der Waals surface area (Å²) in [5.74, 6) is -0.162. The second-order valence-electron chi connectivity index (χ2n) is 4.70. The molecule has 0 aliphatic rings. The maximum absolute atomic E-state index is 13.6. The van der Waals surface area contributed by atoms with E-state index in [4.69, 9.17) is 15.2 Å². The van der Waals surface area contributed by atoms with Crippen molar-refractivity contribution in [3.05, 3.63) is 17.9 Å². The van der Waals surface area contributed by atoms with Gasteiger partial charge in [0.25, 0.3) is 0 Å². The van der Waals surface area contributed by atoms with Crippen molar-refractivity contribution in [1.82, 2.24) is 0 Å². The van der Waals surface area contributed by atoms with Crippen molar-refractivity contribution in [3.63, 3.8) is 0 Å². The molecule has 0 heterocycles. The van der Waals surface area contributed by atoms with Gasteiger partial charge in [-0.25, -0.2) is 4.39 Å². The molecule has 3 N–H and O–H groups in total. The van der Waals surface area contributed by atoms with Crippen molar-refractivity contribution in [2.45, 2.75) is 32.6 Å². The molecule has 0 unspecified atom stereocenters. The molecule has 0 radical (unpaired) electrons. The van der Waals surface area contributed by atoms with Gasteiger partial charge in [0.15, 0.2) is 11.6 Å². The molecule has 1 rings (SSSR count). The molecule has 1 aromatic rings. The lowest BCUT2D eigenvalue weighted by Crippen LogP contribution is -2.06. The average molecular weight is 284 g/mol. The topological polar surface area (TPSA) is 56.5 Å². The lowest BCUT2D eigenvalue weighted by Gasteiger charge is -2.13. The van der Waals surface area contributed by atoms with E-state index in [9.17, 15) is 4.39 Å². The Bertz CT molecular complexity index is 400. The van der Waals surface area contributed by atoms with Crippen molar-refractivity contribution in [2.24, 2.45) is 0 Å². The smallest absolute Gasteiger partial charge is 0.167 e. The van der Waals surface area contributed by atoms with Crippen LogP contribution in [0.15, 0.2) is 12.1 Å². The summed E-state index contributed by atoms with van der Waals surface area (Å²) in [7, 11) is 1.70. The molecular formula is C15H25FN2O2. The monoisotopic (exact) mass is 284 g/mol.